The average Bonchev–Trinajstić information content (AvgIpc) is 2.61. The van der Waals surface area contributed by atoms with E-state index in [0.29, 0.717) is 17.7 Å². The van der Waals surface area contributed by atoms with Crippen LogP contribution in [0.2, 0.25) is 0 Å². The Hall–Kier alpha value is -1.74. The number of fused-ring (bicyclic) bond motifs is 3. The van der Waals surface area contributed by atoms with Gasteiger partial charge in [-0.15, -0.1) is 6.58 Å². The summed E-state index contributed by atoms with van der Waals surface area (Å²) in [4.78, 5) is 0. The molecule has 0 bridgehead atoms. The van der Waals surface area contributed by atoms with E-state index in [-0.39, 0.29) is 0 Å². The lowest BCUT2D eigenvalue weighted by molar-refractivity contribution is 0.412. The van der Waals surface area contributed by atoms with E-state index in [4.69, 9.17) is 4.42 Å². The SMILES string of the molecule is C=CC(C)C1Cc2oc3ccc(O)cc3c2CCN1. The van der Waals surface area contributed by atoms with Crippen molar-refractivity contribution in [2.45, 2.75) is 25.8 Å². The topological polar surface area (TPSA) is 45.4 Å². The zero-order valence-electron chi connectivity index (χ0n) is 11.1. The van der Waals surface area contributed by atoms with Crippen LogP contribution in [0.4, 0.5) is 0 Å². The summed E-state index contributed by atoms with van der Waals surface area (Å²) in [6.45, 7) is 6.97. The van der Waals surface area contributed by atoms with Gasteiger partial charge in [0.05, 0.1) is 0 Å². The van der Waals surface area contributed by atoms with Gasteiger partial charge in [0.2, 0.25) is 0 Å². The molecule has 0 saturated heterocycles. The Balaban J connectivity index is 2.04. The molecule has 3 rings (SSSR count). The van der Waals surface area contributed by atoms with Crippen LogP contribution in [-0.2, 0) is 12.8 Å². The lowest BCUT2D eigenvalue weighted by Crippen LogP contribution is -2.35. The molecule has 3 nitrogen and oxygen atoms in total. The second kappa shape index (κ2) is 4.74. The summed E-state index contributed by atoms with van der Waals surface area (Å²) in [6, 6.07) is 5.69. The third-order valence-corrected chi connectivity index (χ3v) is 4.05. The number of rotatable bonds is 2. The molecule has 2 unspecified atom stereocenters. The predicted octanol–water partition coefficient (Wildman–Crippen LogP) is 3.02. The molecule has 0 amide bonds. The first-order chi connectivity index (χ1) is 9.19. The Labute approximate surface area is 112 Å². The highest BCUT2D eigenvalue weighted by Gasteiger charge is 2.24. The molecule has 100 valence electrons. The molecule has 1 aliphatic heterocycles. The number of hydrogen-bond donors (Lipinski definition) is 2. The predicted molar refractivity (Wildman–Crippen MR) is 76.4 cm³/mol. The summed E-state index contributed by atoms with van der Waals surface area (Å²) in [5, 5.41) is 14.2. The summed E-state index contributed by atoms with van der Waals surface area (Å²) >= 11 is 0. The number of benzene rings is 1. The molecule has 2 N–H and O–H groups in total. The van der Waals surface area contributed by atoms with E-state index in [0.717, 1.165) is 36.1 Å². The summed E-state index contributed by atoms with van der Waals surface area (Å²) < 4.78 is 5.96. The maximum atomic E-state index is 9.63. The quantitative estimate of drug-likeness (QED) is 0.813. The highest BCUT2D eigenvalue weighted by atomic mass is 16.3. The maximum Gasteiger partial charge on any atom is 0.134 e. The standard InChI is InChI=1S/C16H19NO2/c1-3-10(2)14-9-16-12(6-7-17-14)13-8-11(18)4-5-15(13)19-16/h3-5,8,10,14,17-18H,1,6-7,9H2,2H3. The largest absolute Gasteiger partial charge is 0.508 e. The van der Waals surface area contributed by atoms with Gasteiger partial charge in [-0.05, 0) is 37.1 Å². The smallest absolute Gasteiger partial charge is 0.134 e. The van der Waals surface area contributed by atoms with Crippen molar-refractivity contribution in [3.05, 3.63) is 42.2 Å². The van der Waals surface area contributed by atoms with Crippen molar-refractivity contribution in [2.24, 2.45) is 5.92 Å². The van der Waals surface area contributed by atoms with E-state index in [1.807, 2.05) is 12.1 Å². The highest BCUT2D eigenvalue weighted by molar-refractivity contribution is 5.83. The molecule has 0 saturated carbocycles. The van der Waals surface area contributed by atoms with Gasteiger partial charge in [-0.2, -0.15) is 0 Å². The van der Waals surface area contributed by atoms with Crippen LogP contribution >= 0.6 is 0 Å². The molecule has 1 aromatic heterocycles. The number of hydrogen-bond acceptors (Lipinski definition) is 3. The summed E-state index contributed by atoms with van der Waals surface area (Å²) in [5.74, 6) is 1.75. The molecule has 2 aromatic rings. The fraction of sp³-hybridized carbons (Fsp3) is 0.375. The second-order valence-electron chi connectivity index (χ2n) is 5.29. The number of aromatic hydroxyl groups is 1. The van der Waals surface area contributed by atoms with Crippen LogP contribution in [0.5, 0.6) is 5.75 Å². The Kier molecular flexibility index (Phi) is 3.07. The second-order valence-corrected chi connectivity index (χ2v) is 5.29. The molecular formula is C16H19NO2. The Morgan fingerprint density at radius 2 is 2.37 bits per heavy atom. The third-order valence-electron chi connectivity index (χ3n) is 4.05. The van der Waals surface area contributed by atoms with Crippen molar-refractivity contribution in [3.8, 4) is 5.75 Å². The monoisotopic (exact) mass is 257 g/mol. The van der Waals surface area contributed by atoms with Gasteiger partial charge in [0.1, 0.15) is 17.1 Å². The molecule has 3 heteroatoms. The van der Waals surface area contributed by atoms with E-state index in [1.165, 1.54) is 5.56 Å². The Morgan fingerprint density at radius 1 is 1.53 bits per heavy atom. The summed E-state index contributed by atoms with van der Waals surface area (Å²) in [5.41, 5.74) is 2.10. The van der Waals surface area contributed by atoms with Crippen LogP contribution in [0.3, 0.4) is 0 Å². The first kappa shape index (κ1) is 12.3. The van der Waals surface area contributed by atoms with Gasteiger partial charge in [-0.25, -0.2) is 0 Å². The highest BCUT2D eigenvalue weighted by Crippen LogP contribution is 2.31. The van der Waals surface area contributed by atoms with Crippen LogP contribution in [0.1, 0.15) is 18.2 Å². The van der Waals surface area contributed by atoms with Crippen molar-refractivity contribution in [2.75, 3.05) is 6.54 Å². The van der Waals surface area contributed by atoms with Crippen molar-refractivity contribution >= 4 is 11.0 Å². The Morgan fingerprint density at radius 3 is 3.16 bits per heavy atom. The van der Waals surface area contributed by atoms with Crippen LogP contribution in [0.15, 0.2) is 35.3 Å². The minimum atomic E-state index is 0.296. The molecule has 1 aromatic carbocycles. The molecule has 0 radical (unpaired) electrons. The molecule has 0 spiro atoms. The van der Waals surface area contributed by atoms with Crippen LogP contribution in [0.25, 0.3) is 11.0 Å². The van der Waals surface area contributed by atoms with Gasteiger partial charge < -0.3 is 14.8 Å². The molecule has 0 fully saturated rings. The zero-order chi connectivity index (χ0) is 13.4. The van der Waals surface area contributed by atoms with Crippen molar-refractivity contribution in [1.29, 1.82) is 0 Å². The number of nitrogens with one attached hydrogen (secondary N) is 1. The van der Waals surface area contributed by atoms with E-state index in [2.05, 4.69) is 18.8 Å². The van der Waals surface area contributed by atoms with Crippen molar-refractivity contribution < 1.29 is 9.52 Å². The molecule has 19 heavy (non-hydrogen) atoms. The normalized spacial score (nSPS) is 20.8. The van der Waals surface area contributed by atoms with E-state index in [1.54, 1.807) is 12.1 Å². The number of furan rings is 1. The minimum absolute atomic E-state index is 0.296. The fourth-order valence-corrected chi connectivity index (χ4v) is 2.82. The lowest BCUT2D eigenvalue weighted by atomic mass is 9.97. The molecule has 2 heterocycles. The fourth-order valence-electron chi connectivity index (χ4n) is 2.82. The number of phenols is 1. The zero-order valence-corrected chi connectivity index (χ0v) is 11.1. The molecule has 1 aliphatic rings. The van der Waals surface area contributed by atoms with Gasteiger partial charge in [0.25, 0.3) is 0 Å². The molecule has 2 atom stereocenters. The van der Waals surface area contributed by atoms with E-state index >= 15 is 0 Å². The van der Waals surface area contributed by atoms with Crippen LogP contribution in [-0.4, -0.2) is 17.7 Å². The van der Waals surface area contributed by atoms with Crippen molar-refractivity contribution in [3.63, 3.8) is 0 Å². The van der Waals surface area contributed by atoms with Crippen molar-refractivity contribution in [1.82, 2.24) is 5.32 Å². The maximum absolute atomic E-state index is 9.63. The summed E-state index contributed by atoms with van der Waals surface area (Å²) in [7, 11) is 0. The molecular weight excluding hydrogens is 238 g/mol. The molecule has 0 aliphatic carbocycles. The first-order valence-electron chi connectivity index (χ1n) is 6.78. The summed E-state index contributed by atoms with van der Waals surface area (Å²) in [6.07, 6.45) is 3.79. The van der Waals surface area contributed by atoms with E-state index in [9.17, 15) is 5.11 Å². The van der Waals surface area contributed by atoms with Gasteiger partial charge in [-0.1, -0.05) is 13.0 Å². The van der Waals surface area contributed by atoms with Gasteiger partial charge in [0, 0.05) is 23.4 Å². The minimum Gasteiger partial charge on any atom is -0.508 e. The average molecular weight is 257 g/mol. The number of phenolic OH excluding ortho intramolecular Hbond substituents is 1. The van der Waals surface area contributed by atoms with Gasteiger partial charge in [0.15, 0.2) is 0 Å². The van der Waals surface area contributed by atoms with Gasteiger partial charge in [-0.3, -0.25) is 0 Å². The van der Waals surface area contributed by atoms with Crippen LogP contribution in [0, 0.1) is 5.92 Å². The van der Waals surface area contributed by atoms with Gasteiger partial charge >= 0.3 is 0 Å². The van der Waals surface area contributed by atoms with Crippen LogP contribution < -0.4 is 5.32 Å². The van der Waals surface area contributed by atoms with E-state index < -0.39 is 0 Å². The third kappa shape index (κ3) is 2.15. The Bertz CT molecular complexity index is 614. The lowest BCUT2D eigenvalue weighted by Gasteiger charge is -2.19. The first-order valence-corrected chi connectivity index (χ1v) is 6.78.